The summed E-state index contributed by atoms with van der Waals surface area (Å²) in [4.78, 5) is 14.5. The Balaban J connectivity index is 0.000000207. The van der Waals surface area contributed by atoms with Crippen LogP contribution < -0.4 is 15.5 Å². The summed E-state index contributed by atoms with van der Waals surface area (Å²) in [6.07, 6.45) is 3.42. The van der Waals surface area contributed by atoms with Crippen LogP contribution in [0.25, 0.3) is 0 Å². The summed E-state index contributed by atoms with van der Waals surface area (Å²) in [7, 11) is 2.02. The number of hydrogen-bond acceptors (Lipinski definition) is 4. The quantitative estimate of drug-likeness (QED) is 0.273. The summed E-state index contributed by atoms with van der Waals surface area (Å²) >= 11 is 5.85. The number of rotatable bonds is 7. The lowest BCUT2D eigenvalue weighted by atomic mass is 10.0. The van der Waals surface area contributed by atoms with Crippen LogP contribution in [0, 0.1) is 0 Å². The topological polar surface area (TPSA) is 44.4 Å². The van der Waals surface area contributed by atoms with Gasteiger partial charge in [0.1, 0.15) is 0 Å². The highest BCUT2D eigenvalue weighted by Crippen LogP contribution is 2.35. The van der Waals surface area contributed by atoms with Gasteiger partial charge in [0.15, 0.2) is 5.78 Å². The Morgan fingerprint density at radius 3 is 2.06 bits per heavy atom. The molecule has 0 bridgehead atoms. The number of halogens is 1. The van der Waals surface area contributed by atoms with E-state index in [-0.39, 0.29) is 17.4 Å². The van der Waals surface area contributed by atoms with Gasteiger partial charge in [-0.15, -0.1) is 0 Å². The minimum absolute atomic E-state index is 0.0671. The fraction of sp³-hybridized carbons (Fsp3) is 0.387. The molecule has 1 aliphatic rings. The van der Waals surface area contributed by atoms with Gasteiger partial charge in [-0.1, -0.05) is 60.1 Å². The molecule has 36 heavy (non-hydrogen) atoms. The second kappa shape index (κ2) is 13.0. The maximum atomic E-state index is 12.1. The fourth-order valence-electron chi connectivity index (χ4n) is 4.63. The molecule has 3 aromatic carbocycles. The first-order valence-electron chi connectivity index (χ1n) is 12.8. The number of fused-ring (bicyclic) bond motifs is 2. The predicted octanol–water partition coefficient (Wildman–Crippen LogP) is 6.83. The third-order valence-electron chi connectivity index (χ3n) is 6.19. The molecule has 1 unspecified atom stereocenters. The van der Waals surface area contributed by atoms with E-state index in [2.05, 4.69) is 64.1 Å². The van der Waals surface area contributed by atoms with Gasteiger partial charge >= 0.3 is 0 Å². The van der Waals surface area contributed by atoms with Crippen LogP contribution in [0.15, 0.2) is 72.8 Å². The molecule has 0 saturated carbocycles. The number of para-hydroxylation sites is 2. The highest BCUT2D eigenvalue weighted by Gasteiger charge is 2.21. The monoisotopic (exact) mass is 505 g/mol. The molecular formula is C31H40ClN3O. The van der Waals surface area contributed by atoms with E-state index in [4.69, 9.17) is 11.6 Å². The van der Waals surface area contributed by atoms with Gasteiger partial charge in [-0.2, -0.15) is 0 Å². The Morgan fingerprint density at radius 2 is 1.53 bits per heavy atom. The van der Waals surface area contributed by atoms with Crippen molar-refractivity contribution in [3.05, 3.63) is 94.5 Å². The van der Waals surface area contributed by atoms with E-state index in [1.165, 1.54) is 22.5 Å². The minimum atomic E-state index is -0.210. The zero-order valence-electron chi connectivity index (χ0n) is 22.3. The van der Waals surface area contributed by atoms with Crippen molar-refractivity contribution in [2.24, 2.45) is 0 Å². The van der Waals surface area contributed by atoms with E-state index in [0.29, 0.717) is 10.6 Å². The van der Waals surface area contributed by atoms with Crippen molar-refractivity contribution in [2.75, 3.05) is 25.0 Å². The van der Waals surface area contributed by atoms with Gasteiger partial charge in [0.2, 0.25) is 0 Å². The van der Waals surface area contributed by atoms with Crippen molar-refractivity contribution in [3.8, 4) is 0 Å². The average Bonchev–Trinajstić information content (AvgIpc) is 3.00. The van der Waals surface area contributed by atoms with Gasteiger partial charge in [0.05, 0.1) is 6.04 Å². The van der Waals surface area contributed by atoms with Crippen LogP contribution in [0.5, 0.6) is 0 Å². The van der Waals surface area contributed by atoms with Crippen molar-refractivity contribution in [1.82, 2.24) is 10.6 Å². The fourth-order valence-corrected chi connectivity index (χ4v) is 4.82. The second-order valence-electron chi connectivity index (χ2n) is 10.4. The Bertz CT molecular complexity index is 1090. The molecule has 4 nitrogen and oxygen atoms in total. The SMILES string of the molecule is CC(NC(C)(C)C)C(=O)c1cccc(Cl)c1.CNCCCN1c2ccccc2CCc2ccccc21. The smallest absolute Gasteiger partial charge is 0.179 e. The van der Waals surface area contributed by atoms with Gasteiger partial charge in [-0.3, -0.25) is 4.79 Å². The standard InChI is InChI=1S/C18H22N2.C13H18ClNO/c1-19-13-6-14-20-17-9-4-2-7-15(17)11-12-16-8-3-5-10-18(16)20;1-9(15-13(2,3)4)12(16)10-6-5-7-11(14)8-10/h2-5,7-10,19H,6,11-14H2,1H3;5-9,15H,1-4H3. The molecule has 192 valence electrons. The van der Waals surface area contributed by atoms with Crippen LogP contribution in [0.2, 0.25) is 5.02 Å². The van der Waals surface area contributed by atoms with Crippen LogP contribution in [-0.2, 0) is 12.8 Å². The molecule has 0 saturated heterocycles. The molecule has 0 radical (unpaired) electrons. The number of nitrogens with zero attached hydrogens (tertiary/aromatic N) is 1. The summed E-state index contributed by atoms with van der Waals surface area (Å²) in [6, 6.07) is 24.5. The van der Waals surface area contributed by atoms with Crippen LogP contribution in [0.1, 0.15) is 55.6 Å². The van der Waals surface area contributed by atoms with Crippen molar-refractivity contribution < 1.29 is 4.79 Å². The molecule has 1 atom stereocenters. The summed E-state index contributed by atoms with van der Waals surface area (Å²) in [5, 5.41) is 7.08. The molecule has 4 rings (SSSR count). The number of carbonyl (C=O) groups is 1. The lowest BCUT2D eigenvalue weighted by Crippen LogP contribution is -2.46. The molecule has 5 heteroatoms. The van der Waals surface area contributed by atoms with E-state index < -0.39 is 0 Å². The van der Waals surface area contributed by atoms with Crippen LogP contribution >= 0.6 is 11.6 Å². The summed E-state index contributed by atoms with van der Waals surface area (Å²) in [6.45, 7) is 10.1. The summed E-state index contributed by atoms with van der Waals surface area (Å²) < 4.78 is 0. The van der Waals surface area contributed by atoms with E-state index in [1.807, 2.05) is 34.7 Å². The maximum absolute atomic E-state index is 12.1. The molecule has 1 aliphatic heterocycles. The number of Topliss-reactive ketones (excluding diaryl/α,β-unsaturated/α-hetero) is 1. The third-order valence-corrected chi connectivity index (χ3v) is 6.42. The van der Waals surface area contributed by atoms with E-state index in [9.17, 15) is 4.79 Å². The maximum Gasteiger partial charge on any atom is 0.179 e. The second-order valence-corrected chi connectivity index (χ2v) is 10.8. The Labute approximate surface area is 222 Å². The predicted molar refractivity (Wildman–Crippen MR) is 154 cm³/mol. The first-order chi connectivity index (χ1) is 17.2. The molecule has 3 aromatic rings. The van der Waals surface area contributed by atoms with Gasteiger partial charge in [-0.05, 0) is 95.9 Å². The number of carbonyl (C=O) groups excluding carboxylic acids is 1. The van der Waals surface area contributed by atoms with Crippen LogP contribution in [0.3, 0.4) is 0 Å². The number of ketones is 1. The van der Waals surface area contributed by atoms with Crippen LogP contribution in [0.4, 0.5) is 11.4 Å². The van der Waals surface area contributed by atoms with Crippen molar-refractivity contribution in [3.63, 3.8) is 0 Å². The first-order valence-corrected chi connectivity index (χ1v) is 13.2. The minimum Gasteiger partial charge on any atom is -0.341 e. The largest absolute Gasteiger partial charge is 0.341 e. The van der Waals surface area contributed by atoms with Crippen molar-refractivity contribution in [1.29, 1.82) is 0 Å². The normalized spacial score (nSPS) is 13.6. The third kappa shape index (κ3) is 7.92. The zero-order chi connectivity index (χ0) is 26.1. The van der Waals surface area contributed by atoms with E-state index >= 15 is 0 Å². The Kier molecular flexibility index (Phi) is 10.1. The Hall–Kier alpha value is -2.66. The molecule has 0 spiro atoms. The van der Waals surface area contributed by atoms with Gasteiger partial charge in [0, 0.05) is 34.0 Å². The van der Waals surface area contributed by atoms with Gasteiger partial charge in [-0.25, -0.2) is 0 Å². The van der Waals surface area contributed by atoms with E-state index in [0.717, 1.165) is 32.4 Å². The summed E-state index contributed by atoms with van der Waals surface area (Å²) in [5.74, 6) is 0.0671. The molecule has 1 heterocycles. The molecule has 0 aromatic heterocycles. The molecule has 0 fully saturated rings. The van der Waals surface area contributed by atoms with Crippen molar-refractivity contribution >= 4 is 28.8 Å². The average molecular weight is 506 g/mol. The van der Waals surface area contributed by atoms with Crippen LogP contribution in [-0.4, -0.2) is 37.5 Å². The number of hydrogen-bond donors (Lipinski definition) is 2. The number of aryl methyl sites for hydroxylation is 2. The zero-order valence-corrected chi connectivity index (χ0v) is 23.0. The van der Waals surface area contributed by atoms with Crippen molar-refractivity contribution in [2.45, 2.75) is 58.5 Å². The van der Waals surface area contributed by atoms with Gasteiger partial charge in [0.25, 0.3) is 0 Å². The molecule has 2 N–H and O–H groups in total. The van der Waals surface area contributed by atoms with Gasteiger partial charge < -0.3 is 15.5 Å². The highest BCUT2D eigenvalue weighted by molar-refractivity contribution is 6.31. The van der Waals surface area contributed by atoms with E-state index in [1.54, 1.807) is 24.3 Å². The summed E-state index contributed by atoms with van der Waals surface area (Å²) in [5.41, 5.74) is 6.27. The molecule has 0 amide bonds. The number of anilines is 2. The lowest BCUT2D eigenvalue weighted by molar-refractivity contribution is 0.0935. The lowest BCUT2D eigenvalue weighted by Gasteiger charge is -2.27. The molecular weight excluding hydrogens is 466 g/mol. The number of benzene rings is 3. The first kappa shape index (κ1) is 27.9. The Morgan fingerprint density at radius 1 is 0.944 bits per heavy atom. The number of nitrogens with one attached hydrogen (secondary N) is 2. The highest BCUT2D eigenvalue weighted by atomic mass is 35.5. The molecule has 0 aliphatic carbocycles.